The lowest BCUT2D eigenvalue weighted by atomic mass is 10.2. The predicted molar refractivity (Wildman–Crippen MR) is 62.4 cm³/mol. The Kier molecular flexibility index (Phi) is 4.81. The number of nitrogens with zero attached hydrogens (tertiary/aromatic N) is 1. The van der Waals surface area contributed by atoms with E-state index in [1.54, 1.807) is 0 Å². The van der Waals surface area contributed by atoms with Crippen molar-refractivity contribution >= 4 is 25.6 Å². The zero-order valence-electron chi connectivity index (χ0n) is 9.61. The highest BCUT2D eigenvalue weighted by Crippen LogP contribution is 2.21. The highest BCUT2D eigenvalue weighted by molar-refractivity contribution is 8.13. The van der Waals surface area contributed by atoms with Crippen molar-refractivity contribution in [3.8, 4) is 0 Å². The van der Waals surface area contributed by atoms with Crippen LogP contribution in [-0.4, -0.2) is 39.2 Å². The van der Waals surface area contributed by atoms with E-state index in [0.29, 0.717) is 11.0 Å². The molecule has 0 saturated heterocycles. The van der Waals surface area contributed by atoms with Crippen LogP contribution in [0.5, 0.6) is 0 Å². The van der Waals surface area contributed by atoms with Crippen LogP contribution >= 0.6 is 10.7 Å². The summed E-state index contributed by atoms with van der Waals surface area (Å²) in [7, 11) is 1.75. The number of benzene rings is 1. The monoisotopic (exact) mass is 315 g/mol. The van der Waals surface area contributed by atoms with Gasteiger partial charge in [0, 0.05) is 23.3 Å². The second-order valence-corrected chi connectivity index (χ2v) is 6.19. The van der Waals surface area contributed by atoms with Crippen molar-refractivity contribution in [2.75, 3.05) is 13.6 Å². The van der Waals surface area contributed by atoms with E-state index in [0.717, 1.165) is 19.2 Å². The SMILES string of the molecule is CN(CC(F)F)C(=O)c1ccc(F)c(S(=O)(=O)Cl)c1. The van der Waals surface area contributed by atoms with Gasteiger partial charge in [0.2, 0.25) is 0 Å². The van der Waals surface area contributed by atoms with Gasteiger partial charge in [-0.1, -0.05) is 0 Å². The molecule has 1 amide bonds. The van der Waals surface area contributed by atoms with Gasteiger partial charge in [-0.05, 0) is 18.2 Å². The molecule has 1 aromatic rings. The molecule has 0 atom stereocenters. The maximum Gasteiger partial charge on any atom is 0.264 e. The molecule has 0 heterocycles. The van der Waals surface area contributed by atoms with Crippen molar-refractivity contribution in [2.24, 2.45) is 0 Å². The molecule has 9 heteroatoms. The van der Waals surface area contributed by atoms with Gasteiger partial charge in [0.15, 0.2) is 0 Å². The minimum absolute atomic E-state index is 0.247. The number of halogens is 4. The van der Waals surface area contributed by atoms with Gasteiger partial charge in [0.25, 0.3) is 21.4 Å². The Balaban J connectivity index is 3.13. The molecule has 0 aliphatic carbocycles. The van der Waals surface area contributed by atoms with Crippen LogP contribution in [0.25, 0.3) is 0 Å². The Morgan fingerprint density at radius 3 is 2.47 bits per heavy atom. The van der Waals surface area contributed by atoms with Crippen molar-refractivity contribution in [3.63, 3.8) is 0 Å². The lowest BCUT2D eigenvalue weighted by Gasteiger charge is -2.16. The summed E-state index contributed by atoms with van der Waals surface area (Å²) < 4.78 is 59.6. The molecule has 0 aliphatic heterocycles. The van der Waals surface area contributed by atoms with E-state index in [4.69, 9.17) is 10.7 Å². The number of carbonyl (C=O) groups is 1. The summed E-state index contributed by atoms with van der Waals surface area (Å²) in [6, 6.07) is 2.44. The number of rotatable bonds is 4. The fourth-order valence-corrected chi connectivity index (χ4v) is 2.26. The van der Waals surface area contributed by atoms with Crippen LogP contribution in [0.3, 0.4) is 0 Å². The zero-order valence-corrected chi connectivity index (χ0v) is 11.2. The van der Waals surface area contributed by atoms with Gasteiger partial charge in [-0.25, -0.2) is 21.6 Å². The Morgan fingerprint density at radius 1 is 1.42 bits per heavy atom. The van der Waals surface area contributed by atoms with Crippen LogP contribution in [0, 0.1) is 5.82 Å². The van der Waals surface area contributed by atoms with Gasteiger partial charge >= 0.3 is 0 Å². The van der Waals surface area contributed by atoms with Crippen molar-refractivity contribution in [1.82, 2.24) is 4.90 Å². The van der Waals surface area contributed by atoms with Crippen LogP contribution in [0.4, 0.5) is 13.2 Å². The summed E-state index contributed by atoms with van der Waals surface area (Å²) >= 11 is 0. The van der Waals surface area contributed by atoms with E-state index in [2.05, 4.69) is 0 Å². The molecule has 0 saturated carbocycles. The summed E-state index contributed by atoms with van der Waals surface area (Å²) in [5.41, 5.74) is -0.247. The van der Waals surface area contributed by atoms with E-state index >= 15 is 0 Å². The van der Waals surface area contributed by atoms with Crippen molar-refractivity contribution in [2.45, 2.75) is 11.3 Å². The zero-order chi connectivity index (χ0) is 14.8. The van der Waals surface area contributed by atoms with Crippen LogP contribution in [0.15, 0.2) is 23.1 Å². The molecular weight excluding hydrogens is 307 g/mol. The topological polar surface area (TPSA) is 54.5 Å². The van der Waals surface area contributed by atoms with Gasteiger partial charge in [-0.15, -0.1) is 0 Å². The number of hydrogen-bond donors (Lipinski definition) is 0. The molecule has 4 nitrogen and oxygen atoms in total. The van der Waals surface area contributed by atoms with Gasteiger partial charge in [0.05, 0.1) is 6.54 Å². The molecule has 106 valence electrons. The van der Waals surface area contributed by atoms with E-state index in [9.17, 15) is 26.4 Å². The van der Waals surface area contributed by atoms with Gasteiger partial charge in [-0.3, -0.25) is 4.79 Å². The summed E-state index contributed by atoms with van der Waals surface area (Å²) in [5, 5.41) is 0. The van der Waals surface area contributed by atoms with E-state index in [1.165, 1.54) is 0 Å². The summed E-state index contributed by atoms with van der Waals surface area (Å²) in [6.07, 6.45) is -2.73. The number of carbonyl (C=O) groups excluding carboxylic acids is 1. The largest absolute Gasteiger partial charge is 0.336 e. The molecule has 1 rings (SSSR count). The molecule has 0 aliphatic rings. The molecule has 0 bridgehead atoms. The molecular formula is C10H9ClF3NO3S. The Labute approximate surface area is 112 Å². The van der Waals surface area contributed by atoms with Gasteiger partial charge < -0.3 is 4.90 Å². The Morgan fingerprint density at radius 2 is 2.00 bits per heavy atom. The van der Waals surface area contributed by atoms with Gasteiger partial charge in [0.1, 0.15) is 10.7 Å². The molecule has 19 heavy (non-hydrogen) atoms. The molecule has 0 spiro atoms. The molecule has 1 aromatic carbocycles. The predicted octanol–water partition coefficient (Wildman–Crippen LogP) is 2.09. The summed E-state index contributed by atoms with van der Waals surface area (Å²) in [5.74, 6) is -1.98. The second kappa shape index (κ2) is 5.79. The van der Waals surface area contributed by atoms with Crippen molar-refractivity contribution in [1.29, 1.82) is 0 Å². The smallest absolute Gasteiger partial charge is 0.264 e. The molecule has 0 N–H and O–H groups in total. The van der Waals surface area contributed by atoms with Crippen LogP contribution in [0.2, 0.25) is 0 Å². The fourth-order valence-electron chi connectivity index (χ4n) is 1.33. The van der Waals surface area contributed by atoms with E-state index in [-0.39, 0.29) is 5.56 Å². The quantitative estimate of drug-likeness (QED) is 0.800. The first-order valence-electron chi connectivity index (χ1n) is 4.90. The molecule has 0 aromatic heterocycles. The highest BCUT2D eigenvalue weighted by atomic mass is 35.7. The van der Waals surface area contributed by atoms with E-state index < -0.39 is 38.6 Å². The average Bonchev–Trinajstić information content (AvgIpc) is 2.26. The standard InChI is InChI=1S/C10H9ClF3NO3S/c1-15(5-9(13)14)10(16)6-2-3-7(12)8(4-6)19(11,17)18/h2-4,9H,5H2,1H3. The van der Waals surface area contributed by atoms with Crippen LogP contribution < -0.4 is 0 Å². The molecule has 0 radical (unpaired) electrons. The van der Waals surface area contributed by atoms with Crippen molar-refractivity contribution < 1.29 is 26.4 Å². The van der Waals surface area contributed by atoms with Crippen molar-refractivity contribution in [3.05, 3.63) is 29.6 Å². The first-order valence-corrected chi connectivity index (χ1v) is 7.21. The van der Waals surface area contributed by atoms with Gasteiger partial charge in [-0.2, -0.15) is 0 Å². The maximum atomic E-state index is 13.2. The Bertz CT molecular complexity index is 592. The molecule has 0 fully saturated rings. The molecule has 0 unspecified atom stereocenters. The lowest BCUT2D eigenvalue weighted by molar-refractivity contribution is 0.0620. The summed E-state index contributed by atoms with van der Waals surface area (Å²) in [4.78, 5) is 11.5. The normalized spacial score (nSPS) is 11.7. The second-order valence-electron chi connectivity index (χ2n) is 3.66. The third kappa shape index (κ3) is 4.10. The fraction of sp³-hybridized carbons (Fsp3) is 0.300. The van der Waals surface area contributed by atoms with Crippen LogP contribution in [-0.2, 0) is 9.05 Å². The number of alkyl halides is 2. The average molecular weight is 316 g/mol. The highest BCUT2D eigenvalue weighted by Gasteiger charge is 2.21. The first-order chi connectivity index (χ1) is 8.62. The Hall–Kier alpha value is -1.28. The third-order valence-corrected chi connectivity index (χ3v) is 3.54. The maximum absolute atomic E-state index is 13.2. The first kappa shape index (κ1) is 15.8. The van der Waals surface area contributed by atoms with E-state index in [1.807, 2.05) is 0 Å². The minimum atomic E-state index is -4.36. The lowest BCUT2D eigenvalue weighted by Crippen LogP contribution is -2.31. The number of hydrogen-bond acceptors (Lipinski definition) is 3. The minimum Gasteiger partial charge on any atom is -0.336 e. The third-order valence-electron chi connectivity index (χ3n) is 2.20. The number of amides is 1. The van der Waals surface area contributed by atoms with Crippen LogP contribution in [0.1, 0.15) is 10.4 Å². The summed E-state index contributed by atoms with van der Waals surface area (Å²) in [6.45, 7) is -0.820.